The molecule has 0 amide bonds. The molecular formula is C9H16N2O. The quantitative estimate of drug-likeness (QED) is 0.552. The van der Waals surface area contributed by atoms with Crippen molar-refractivity contribution >= 4 is 0 Å². The third-order valence-electron chi connectivity index (χ3n) is 3.59. The van der Waals surface area contributed by atoms with Crippen LogP contribution in [0.25, 0.3) is 0 Å². The van der Waals surface area contributed by atoms with Crippen LogP contribution in [0.5, 0.6) is 0 Å². The van der Waals surface area contributed by atoms with Gasteiger partial charge < -0.3 is 4.74 Å². The maximum Gasteiger partial charge on any atom is 0.135 e. The van der Waals surface area contributed by atoms with Gasteiger partial charge in [-0.15, -0.1) is 0 Å². The van der Waals surface area contributed by atoms with E-state index in [4.69, 9.17) is 4.74 Å². The summed E-state index contributed by atoms with van der Waals surface area (Å²) in [5, 5.41) is 3.54. The van der Waals surface area contributed by atoms with Gasteiger partial charge in [-0.05, 0) is 25.9 Å². The van der Waals surface area contributed by atoms with E-state index in [1.54, 1.807) is 0 Å². The second-order valence-corrected chi connectivity index (χ2v) is 4.22. The molecule has 4 saturated heterocycles. The van der Waals surface area contributed by atoms with E-state index in [2.05, 4.69) is 10.2 Å². The zero-order chi connectivity index (χ0) is 8.02. The first-order valence-electron chi connectivity index (χ1n) is 5.00. The molecule has 0 aliphatic carbocycles. The minimum absolute atomic E-state index is 0.0660. The molecule has 2 bridgehead atoms. The molecule has 3 nitrogen and oxygen atoms in total. The molecule has 4 rings (SSSR count). The van der Waals surface area contributed by atoms with E-state index in [0.29, 0.717) is 0 Å². The Morgan fingerprint density at radius 3 is 2.67 bits per heavy atom. The topological polar surface area (TPSA) is 24.5 Å². The summed E-state index contributed by atoms with van der Waals surface area (Å²) in [4.78, 5) is 2.53. The molecule has 0 aromatic carbocycles. The molecular weight excluding hydrogens is 152 g/mol. The summed E-state index contributed by atoms with van der Waals surface area (Å²) >= 11 is 0. The summed E-state index contributed by atoms with van der Waals surface area (Å²) in [6, 6.07) is 0. The molecule has 12 heavy (non-hydrogen) atoms. The van der Waals surface area contributed by atoms with Crippen LogP contribution < -0.4 is 5.32 Å². The Balaban J connectivity index is 1.86. The van der Waals surface area contributed by atoms with Crippen LogP contribution in [0.4, 0.5) is 0 Å². The summed E-state index contributed by atoms with van der Waals surface area (Å²) in [5.41, 5.74) is 0.0660. The zero-order valence-electron chi connectivity index (χ0n) is 7.38. The molecule has 0 radical (unpaired) electrons. The van der Waals surface area contributed by atoms with E-state index >= 15 is 0 Å². The predicted octanol–water partition coefficient (Wildman–Crippen LogP) is 0.0281. The molecule has 1 atom stereocenters. The van der Waals surface area contributed by atoms with E-state index in [1.165, 1.54) is 25.9 Å². The Bertz CT molecular complexity index is 181. The molecule has 4 aliphatic heterocycles. The third kappa shape index (κ3) is 0.873. The van der Waals surface area contributed by atoms with Crippen molar-refractivity contribution in [3.05, 3.63) is 0 Å². The zero-order valence-corrected chi connectivity index (χ0v) is 7.38. The maximum absolute atomic E-state index is 5.86. The highest BCUT2D eigenvalue weighted by molar-refractivity contribution is 4.99. The van der Waals surface area contributed by atoms with Gasteiger partial charge in [0.1, 0.15) is 5.72 Å². The average molecular weight is 168 g/mol. The number of hydrogen-bond acceptors (Lipinski definition) is 3. The van der Waals surface area contributed by atoms with Gasteiger partial charge in [0.15, 0.2) is 0 Å². The highest BCUT2D eigenvalue weighted by atomic mass is 16.5. The number of rotatable bonds is 0. The van der Waals surface area contributed by atoms with Gasteiger partial charge in [-0.25, -0.2) is 0 Å². The average Bonchev–Trinajstić information content (AvgIpc) is 2.55. The number of piperidine rings is 3. The molecule has 4 fully saturated rings. The Morgan fingerprint density at radius 1 is 1.33 bits per heavy atom. The largest absolute Gasteiger partial charge is 0.358 e. The first-order valence-corrected chi connectivity index (χ1v) is 5.00. The van der Waals surface area contributed by atoms with E-state index < -0.39 is 0 Å². The smallest absolute Gasteiger partial charge is 0.135 e. The molecule has 3 heteroatoms. The van der Waals surface area contributed by atoms with Crippen LogP contribution >= 0.6 is 0 Å². The lowest BCUT2D eigenvalue weighted by Gasteiger charge is -2.50. The summed E-state index contributed by atoms with van der Waals surface area (Å²) < 4.78 is 5.86. The van der Waals surface area contributed by atoms with Gasteiger partial charge in [0.05, 0.1) is 6.61 Å². The minimum atomic E-state index is 0.0660. The van der Waals surface area contributed by atoms with Crippen molar-refractivity contribution in [3.63, 3.8) is 0 Å². The highest BCUT2D eigenvalue weighted by Crippen LogP contribution is 2.37. The standard InChI is InChI=1S/C9H16N2O/c1-4-11-5-2-8(1)9(7-11)10-3-6-12-9/h8,10H,1-7H2. The molecule has 1 unspecified atom stereocenters. The van der Waals surface area contributed by atoms with Crippen LogP contribution in [0.1, 0.15) is 12.8 Å². The Labute approximate surface area is 73.1 Å². The number of nitrogens with one attached hydrogen (secondary N) is 1. The van der Waals surface area contributed by atoms with Gasteiger partial charge in [0.25, 0.3) is 0 Å². The fraction of sp³-hybridized carbons (Fsp3) is 1.00. The second kappa shape index (κ2) is 2.44. The van der Waals surface area contributed by atoms with Gasteiger partial charge in [-0.3, -0.25) is 10.2 Å². The Hall–Kier alpha value is -0.120. The van der Waals surface area contributed by atoms with Crippen molar-refractivity contribution < 1.29 is 4.74 Å². The Kier molecular flexibility index (Phi) is 1.48. The molecule has 4 aliphatic rings. The predicted molar refractivity (Wildman–Crippen MR) is 45.8 cm³/mol. The van der Waals surface area contributed by atoms with E-state index in [0.717, 1.165) is 25.6 Å². The van der Waals surface area contributed by atoms with Gasteiger partial charge in [-0.1, -0.05) is 0 Å². The van der Waals surface area contributed by atoms with Crippen molar-refractivity contribution in [2.45, 2.75) is 18.6 Å². The number of ether oxygens (including phenoxy) is 1. The molecule has 0 aromatic heterocycles. The molecule has 1 spiro atoms. The lowest BCUT2D eigenvalue weighted by Crippen LogP contribution is -2.64. The van der Waals surface area contributed by atoms with Crippen molar-refractivity contribution in [2.24, 2.45) is 5.92 Å². The van der Waals surface area contributed by atoms with Gasteiger partial charge >= 0.3 is 0 Å². The van der Waals surface area contributed by atoms with Crippen molar-refractivity contribution in [1.82, 2.24) is 10.2 Å². The minimum Gasteiger partial charge on any atom is -0.358 e. The molecule has 68 valence electrons. The fourth-order valence-corrected chi connectivity index (χ4v) is 2.93. The highest BCUT2D eigenvalue weighted by Gasteiger charge is 2.49. The number of nitrogens with zero attached hydrogens (tertiary/aromatic N) is 1. The number of hydrogen-bond donors (Lipinski definition) is 1. The van der Waals surface area contributed by atoms with Crippen LogP contribution in [-0.4, -0.2) is 43.4 Å². The summed E-state index contributed by atoms with van der Waals surface area (Å²) in [6.07, 6.45) is 2.65. The SMILES string of the molecule is C1COC2(CN3CCC2CC3)N1. The summed E-state index contributed by atoms with van der Waals surface area (Å²) in [6.45, 7) is 5.65. The molecule has 0 saturated carbocycles. The first-order chi connectivity index (χ1) is 5.89. The van der Waals surface area contributed by atoms with Crippen molar-refractivity contribution in [2.75, 3.05) is 32.8 Å². The normalized spacial score (nSPS) is 52.0. The number of fused-ring (bicyclic) bond motifs is 2. The first kappa shape index (κ1) is 7.30. The molecule has 0 aromatic rings. The monoisotopic (exact) mass is 168 g/mol. The fourth-order valence-electron chi connectivity index (χ4n) is 2.93. The van der Waals surface area contributed by atoms with Gasteiger partial charge in [0, 0.05) is 19.0 Å². The van der Waals surface area contributed by atoms with Gasteiger partial charge in [0.2, 0.25) is 0 Å². The van der Waals surface area contributed by atoms with Gasteiger partial charge in [-0.2, -0.15) is 0 Å². The second-order valence-electron chi connectivity index (χ2n) is 4.22. The van der Waals surface area contributed by atoms with Crippen molar-refractivity contribution in [3.8, 4) is 0 Å². The lowest BCUT2D eigenvalue weighted by molar-refractivity contribution is -0.134. The third-order valence-corrected chi connectivity index (χ3v) is 3.59. The maximum atomic E-state index is 5.86. The van der Waals surface area contributed by atoms with Crippen LogP contribution in [-0.2, 0) is 4.74 Å². The van der Waals surface area contributed by atoms with Crippen LogP contribution in [0, 0.1) is 5.92 Å². The summed E-state index contributed by atoms with van der Waals surface area (Å²) in [5.74, 6) is 0.782. The van der Waals surface area contributed by atoms with Crippen LogP contribution in [0.15, 0.2) is 0 Å². The molecule has 4 heterocycles. The Morgan fingerprint density at radius 2 is 2.17 bits per heavy atom. The molecule has 1 N–H and O–H groups in total. The summed E-state index contributed by atoms with van der Waals surface area (Å²) in [7, 11) is 0. The van der Waals surface area contributed by atoms with E-state index in [1.807, 2.05) is 0 Å². The van der Waals surface area contributed by atoms with Crippen LogP contribution in [0.3, 0.4) is 0 Å². The van der Waals surface area contributed by atoms with Crippen LogP contribution in [0.2, 0.25) is 0 Å². The van der Waals surface area contributed by atoms with Crippen molar-refractivity contribution in [1.29, 1.82) is 0 Å². The van der Waals surface area contributed by atoms with E-state index in [-0.39, 0.29) is 5.72 Å². The van der Waals surface area contributed by atoms with E-state index in [9.17, 15) is 0 Å². The lowest BCUT2D eigenvalue weighted by atomic mass is 9.81.